The van der Waals surface area contributed by atoms with Gasteiger partial charge in [-0.25, -0.2) is 0 Å². The Morgan fingerprint density at radius 2 is 0.762 bits per heavy atom. The van der Waals surface area contributed by atoms with Crippen molar-refractivity contribution in [3.8, 4) is 0 Å². The monoisotopic (exact) mass is 602 g/mol. The van der Waals surface area contributed by atoms with Crippen molar-refractivity contribution in [1.29, 1.82) is 0 Å². The first kappa shape index (κ1) is 32.9. The van der Waals surface area contributed by atoms with E-state index in [0.717, 1.165) is 24.4 Å². The van der Waals surface area contributed by atoms with E-state index in [4.69, 9.17) is 8.85 Å². The van der Waals surface area contributed by atoms with E-state index in [-0.39, 0.29) is 0 Å². The summed E-state index contributed by atoms with van der Waals surface area (Å²) in [5.41, 5.74) is 8.84. The molecule has 0 aliphatic heterocycles. The second-order valence-electron chi connectivity index (χ2n) is 14.9. The van der Waals surface area contributed by atoms with Gasteiger partial charge in [0.05, 0.1) is 0 Å². The van der Waals surface area contributed by atoms with Gasteiger partial charge in [-0.15, -0.1) is 0 Å². The minimum atomic E-state index is -2.04. The molecule has 2 aliphatic carbocycles. The fraction of sp³-hybridized carbons (Fsp3) is 0.579. The molecule has 2 aromatic rings. The van der Waals surface area contributed by atoms with Gasteiger partial charge in [0.2, 0.25) is 0 Å². The molecule has 2 aromatic carbocycles. The average Bonchev–Trinajstić information content (AvgIpc) is 3.45. The zero-order valence-electron chi connectivity index (χ0n) is 28.6. The van der Waals surface area contributed by atoms with E-state index in [1.54, 1.807) is 0 Å². The van der Waals surface area contributed by atoms with Crippen molar-refractivity contribution in [3.63, 3.8) is 0 Å². The molecule has 2 atom stereocenters. The largest absolute Gasteiger partial charge is 0.542 e. The van der Waals surface area contributed by atoms with E-state index in [2.05, 4.69) is 144 Å². The fourth-order valence-electron chi connectivity index (χ4n) is 8.92. The van der Waals surface area contributed by atoms with Crippen LogP contribution in [-0.4, -0.2) is 16.6 Å². The lowest BCUT2D eigenvalue weighted by atomic mass is 9.89. The lowest BCUT2D eigenvalue weighted by molar-refractivity contribution is 0.444. The zero-order chi connectivity index (χ0) is 31.0. The highest BCUT2D eigenvalue weighted by molar-refractivity contribution is 6.78. The maximum atomic E-state index is 7.28. The van der Waals surface area contributed by atoms with Gasteiger partial charge in [-0.05, 0) is 69.4 Å². The molecular formula is C38H58O2Si2. The SMILES string of the molecule is CC(C)[Si](OC1=CC(CCC2C=C(O[Si](C(C)C)(C(C)C)C(C)C)c3ccccc32)c2ccccc21)(C(C)C)C(C)C. The van der Waals surface area contributed by atoms with Crippen LogP contribution in [-0.2, 0) is 8.85 Å². The maximum absolute atomic E-state index is 7.28. The Labute approximate surface area is 260 Å². The van der Waals surface area contributed by atoms with Crippen molar-refractivity contribution in [1.82, 2.24) is 0 Å². The number of benzene rings is 2. The highest BCUT2D eigenvalue weighted by Gasteiger charge is 2.49. The predicted octanol–water partition coefficient (Wildman–Crippen LogP) is 12.4. The van der Waals surface area contributed by atoms with Gasteiger partial charge in [-0.2, -0.15) is 0 Å². The van der Waals surface area contributed by atoms with Gasteiger partial charge in [0.25, 0.3) is 16.6 Å². The van der Waals surface area contributed by atoms with E-state index >= 15 is 0 Å². The molecule has 0 amide bonds. The van der Waals surface area contributed by atoms with Crippen molar-refractivity contribution < 1.29 is 8.85 Å². The third-order valence-electron chi connectivity index (χ3n) is 10.7. The minimum absolute atomic E-state index is 0.385. The Kier molecular flexibility index (Phi) is 10.1. The van der Waals surface area contributed by atoms with E-state index in [0.29, 0.717) is 45.1 Å². The molecule has 2 unspecified atom stereocenters. The van der Waals surface area contributed by atoms with Crippen LogP contribution < -0.4 is 0 Å². The molecule has 0 radical (unpaired) electrons. The highest BCUT2D eigenvalue weighted by atomic mass is 28.4. The molecular weight excluding hydrogens is 545 g/mol. The van der Waals surface area contributed by atoms with Gasteiger partial charge in [0.1, 0.15) is 11.5 Å². The van der Waals surface area contributed by atoms with Crippen LogP contribution in [0.4, 0.5) is 0 Å². The van der Waals surface area contributed by atoms with Crippen LogP contribution in [0.3, 0.4) is 0 Å². The molecule has 0 saturated heterocycles. The zero-order valence-corrected chi connectivity index (χ0v) is 30.6. The smallest absolute Gasteiger partial charge is 0.258 e. The van der Waals surface area contributed by atoms with Gasteiger partial charge in [0, 0.05) is 23.0 Å². The molecule has 0 N–H and O–H groups in total. The molecule has 4 heteroatoms. The number of rotatable bonds is 13. The molecule has 0 heterocycles. The summed E-state index contributed by atoms with van der Waals surface area (Å²) in [5, 5.41) is 0. The number of fused-ring (bicyclic) bond motifs is 2. The van der Waals surface area contributed by atoms with Gasteiger partial charge >= 0.3 is 0 Å². The third-order valence-corrected chi connectivity index (χ3v) is 22.7. The number of hydrogen-bond donors (Lipinski definition) is 0. The van der Waals surface area contributed by atoms with Crippen LogP contribution in [0.15, 0.2) is 60.7 Å². The first-order valence-corrected chi connectivity index (χ1v) is 21.0. The lowest BCUT2D eigenvalue weighted by Crippen LogP contribution is -2.47. The normalized spacial score (nSPS) is 18.8. The molecule has 0 fully saturated rings. The molecule has 0 saturated carbocycles. The summed E-state index contributed by atoms with van der Waals surface area (Å²) in [5.74, 6) is 3.06. The van der Waals surface area contributed by atoms with Gasteiger partial charge in [0.15, 0.2) is 0 Å². The van der Waals surface area contributed by atoms with Crippen LogP contribution in [0.1, 0.15) is 130 Å². The maximum Gasteiger partial charge on any atom is 0.258 e. The van der Waals surface area contributed by atoms with E-state index < -0.39 is 16.6 Å². The second kappa shape index (κ2) is 12.9. The Morgan fingerprint density at radius 1 is 0.476 bits per heavy atom. The Balaban J connectivity index is 1.63. The van der Waals surface area contributed by atoms with Crippen molar-refractivity contribution in [2.24, 2.45) is 0 Å². The van der Waals surface area contributed by atoms with E-state index in [9.17, 15) is 0 Å². The average molecular weight is 603 g/mol. The molecule has 0 bridgehead atoms. The van der Waals surface area contributed by atoms with Crippen molar-refractivity contribution in [3.05, 3.63) is 82.9 Å². The number of allylic oxidation sites excluding steroid dienone is 2. The van der Waals surface area contributed by atoms with Crippen LogP contribution in [0.5, 0.6) is 0 Å². The Bertz CT molecular complexity index is 1140. The summed E-state index contributed by atoms with van der Waals surface area (Å²) in [6.45, 7) is 28.5. The summed E-state index contributed by atoms with van der Waals surface area (Å²) in [7, 11) is -4.07. The molecule has 42 heavy (non-hydrogen) atoms. The van der Waals surface area contributed by atoms with Crippen molar-refractivity contribution in [2.45, 2.75) is 141 Å². The summed E-state index contributed by atoms with van der Waals surface area (Å²) in [6, 6.07) is 18.0. The van der Waals surface area contributed by atoms with Crippen molar-refractivity contribution in [2.75, 3.05) is 0 Å². The molecule has 2 nitrogen and oxygen atoms in total. The lowest BCUT2D eigenvalue weighted by Gasteiger charge is -2.42. The first-order valence-electron chi connectivity index (χ1n) is 16.8. The first-order chi connectivity index (χ1) is 19.8. The topological polar surface area (TPSA) is 18.5 Å². The molecule has 0 spiro atoms. The van der Waals surface area contributed by atoms with Crippen molar-refractivity contribution >= 4 is 28.2 Å². The summed E-state index contributed by atoms with van der Waals surface area (Å²) < 4.78 is 14.6. The molecule has 230 valence electrons. The van der Waals surface area contributed by atoms with Crippen LogP contribution in [0, 0.1) is 0 Å². The van der Waals surface area contributed by atoms with Crippen LogP contribution >= 0.6 is 0 Å². The number of hydrogen-bond acceptors (Lipinski definition) is 2. The standard InChI is InChI=1S/C38H58O2Si2/c1-25(2)41(26(3)4,27(5)6)39-37-23-31(33-17-13-15-19-35(33)37)21-22-32-24-38(36-20-16-14-18-34(32)36)40-42(28(7)8,29(9)10)30(11)12/h13-20,23-32H,21-22H2,1-12H3. The van der Waals surface area contributed by atoms with Gasteiger partial charge in [-0.3, -0.25) is 0 Å². The highest BCUT2D eigenvalue weighted by Crippen LogP contribution is 2.51. The predicted molar refractivity (Wildman–Crippen MR) is 188 cm³/mol. The second-order valence-corrected chi connectivity index (χ2v) is 25.6. The molecule has 4 rings (SSSR count). The summed E-state index contributed by atoms with van der Waals surface area (Å²) >= 11 is 0. The molecule has 0 aromatic heterocycles. The van der Waals surface area contributed by atoms with E-state index in [1.165, 1.54) is 22.3 Å². The van der Waals surface area contributed by atoms with Gasteiger partial charge < -0.3 is 8.85 Å². The summed E-state index contributed by atoms with van der Waals surface area (Å²) in [4.78, 5) is 0. The van der Waals surface area contributed by atoms with Crippen LogP contribution in [0.25, 0.3) is 11.5 Å². The third kappa shape index (κ3) is 5.75. The summed E-state index contributed by atoms with van der Waals surface area (Å²) in [6.07, 6.45) is 7.15. The molecule has 2 aliphatic rings. The fourth-order valence-corrected chi connectivity index (χ4v) is 19.4. The quantitative estimate of drug-likeness (QED) is 0.212. The Morgan fingerprint density at radius 3 is 1.05 bits per heavy atom. The Hall–Kier alpha value is -2.05. The van der Waals surface area contributed by atoms with Crippen LogP contribution in [0.2, 0.25) is 33.2 Å². The minimum Gasteiger partial charge on any atom is -0.542 e. The van der Waals surface area contributed by atoms with E-state index in [1.807, 2.05) is 0 Å². The van der Waals surface area contributed by atoms with Gasteiger partial charge in [-0.1, -0.05) is 132 Å².